The molecule has 1 aromatic heterocycles. The minimum Gasteiger partial charge on any atom is -0.481 e. The number of likely N-dealkylation sites (tertiary alicyclic amines) is 1. The number of carboxylic acids is 1. The quantitative estimate of drug-likeness (QED) is 0.871. The number of carboxylic acid groups (broad SMARTS) is 1. The summed E-state index contributed by atoms with van der Waals surface area (Å²) in [6.45, 7) is 0.553. The number of hydrogen-bond donors (Lipinski definition) is 1. The molecule has 1 aromatic rings. The highest BCUT2D eigenvalue weighted by atomic mass is 35.5. The van der Waals surface area contributed by atoms with Gasteiger partial charge in [-0.15, -0.1) is 0 Å². The molecular weight excluding hydrogens is 291 g/mol. The molecule has 1 amide bonds. The minimum absolute atomic E-state index is 0.0412. The summed E-state index contributed by atoms with van der Waals surface area (Å²) in [5.74, 6) is -1.16. The van der Waals surface area contributed by atoms with Crippen LogP contribution in [0.1, 0.15) is 29.6 Å². The average molecular weight is 303 g/mol. The normalized spacial score (nSPS) is 18.6. The van der Waals surface area contributed by atoms with Gasteiger partial charge < -0.3 is 10.0 Å². The Bertz CT molecular complexity index is 522. The molecule has 19 heavy (non-hydrogen) atoms. The van der Waals surface area contributed by atoms with Gasteiger partial charge in [-0.3, -0.25) is 9.59 Å². The van der Waals surface area contributed by atoms with E-state index in [9.17, 15) is 9.59 Å². The van der Waals surface area contributed by atoms with Crippen LogP contribution < -0.4 is 0 Å². The molecule has 5 nitrogen and oxygen atoms in total. The zero-order valence-electron chi connectivity index (χ0n) is 9.97. The van der Waals surface area contributed by atoms with Gasteiger partial charge in [0.05, 0.1) is 17.0 Å². The van der Waals surface area contributed by atoms with Gasteiger partial charge in [0, 0.05) is 18.8 Å². The predicted octanol–water partition coefficient (Wildman–Crippen LogP) is 2.47. The Kier molecular flexibility index (Phi) is 4.27. The Labute approximate surface area is 120 Å². The molecule has 102 valence electrons. The van der Waals surface area contributed by atoms with Crippen LogP contribution in [0.4, 0.5) is 0 Å². The van der Waals surface area contributed by atoms with Crippen molar-refractivity contribution in [3.63, 3.8) is 0 Å². The van der Waals surface area contributed by atoms with Crippen molar-refractivity contribution in [2.24, 2.45) is 0 Å². The molecule has 0 bridgehead atoms. The largest absolute Gasteiger partial charge is 0.481 e. The second-order valence-electron chi connectivity index (χ2n) is 4.39. The summed E-state index contributed by atoms with van der Waals surface area (Å²) in [7, 11) is 0. The van der Waals surface area contributed by atoms with Gasteiger partial charge in [0.25, 0.3) is 5.91 Å². The summed E-state index contributed by atoms with van der Waals surface area (Å²) in [5, 5.41) is 9.19. The molecule has 1 aliphatic rings. The van der Waals surface area contributed by atoms with Crippen LogP contribution in [-0.2, 0) is 4.79 Å². The van der Waals surface area contributed by atoms with Crippen molar-refractivity contribution in [3.05, 3.63) is 28.0 Å². The SMILES string of the molecule is O=C(O)CC1CCCN1C(=O)c1cnc(Cl)c(Cl)c1. The van der Waals surface area contributed by atoms with Crippen LogP contribution in [0.2, 0.25) is 10.2 Å². The summed E-state index contributed by atoms with van der Waals surface area (Å²) in [4.78, 5) is 28.5. The molecule has 1 saturated heterocycles. The van der Waals surface area contributed by atoms with Crippen LogP contribution in [0.3, 0.4) is 0 Å². The molecule has 1 fully saturated rings. The average Bonchev–Trinajstić information content (AvgIpc) is 2.79. The van der Waals surface area contributed by atoms with Gasteiger partial charge in [0.15, 0.2) is 0 Å². The maximum Gasteiger partial charge on any atom is 0.305 e. The molecule has 0 aromatic carbocycles. The second-order valence-corrected chi connectivity index (χ2v) is 5.15. The number of rotatable bonds is 3. The van der Waals surface area contributed by atoms with Crippen molar-refractivity contribution in [2.75, 3.05) is 6.54 Å². The summed E-state index contributed by atoms with van der Waals surface area (Å²) in [6, 6.07) is 1.19. The van der Waals surface area contributed by atoms with Crippen molar-refractivity contribution in [1.29, 1.82) is 0 Å². The molecule has 0 spiro atoms. The van der Waals surface area contributed by atoms with Crippen LogP contribution in [0, 0.1) is 0 Å². The molecule has 0 aliphatic carbocycles. The molecule has 0 saturated carbocycles. The topological polar surface area (TPSA) is 70.5 Å². The van der Waals surface area contributed by atoms with Gasteiger partial charge in [-0.2, -0.15) is 0 Å². The first-order valence-electron chi connectivity index (χ1n) is 5.83. The van der Waals surface area contributed by atoms with Crippen molar-refractivity contribution in [1.82, 2.24) is 9.88 Å². The Hall–Kier alpha value is -1.33. The van der Waals surface area contributed by atoms with E-state index in [1.54, 1.807) is 4.90 Å². The van der Waals surface area contributed by atoms with Crippen LogP contribution in [0.5, 0.6) is 0 Å². The fourth-order valence-electron chi connectivity index (χ4n) is 2.22. The van der Waals surface area contributed by atoms with Crippen LogP contribution in [0.15, 0.2) is 12.3 Å². The third-order valence-electron chi connectivity index (χ3n) is 3.09. The lowest BCUT2D eigenvalue weighted by Crippen LogP contribution is -2.36. The molecule has 2 rings (SSSR count). The van der Waals surface area contributed by atoms with Crippen LogP contribution in [0.25, 0.3) is 0 Å². The van der Waals surface area contributed by atoms with E-state index < -0.39 is 5.97 Å². The third-order valence-corrected chi connectivity index (χ3v) is 3.78. The van der Waals surface area contributed by atoms with E-state index in [-0.39, 0.29) is 28.5 Å². The number of carbonyl (C=O) groups excluding carboxylic acids is 1. The Morgan fingerprint density at radius 1 is 1.47 bits per heavy atom. The Morgan fingerprint density at radius 3 is 2.84 bits per heavy atom. The lowest BCUT2D eigenvalue weighted by atomic mass is 10.1. The van der Waals surface area contributed by atoms with E-state index in [2.05, 4.69) is 4.98 Å². The van der Waals surface area contributed by atoms with Gasteiger partial charge in [-0.1, -0.05) is 23.2 Å². The standard InChI is InChI=1S/C12H12Cl2N2O3/c13-9-4-7(6-15-11(9)14)12(19)16-3-1-2-8(16)5-10(17)18/h4,6,8H,1-3,5H2,(H,17,18). The van der Waals surface area contributed by atoms with E-state index in [1.165, 1.54) is 12.3 Å². The Morgan fingerprint density at radius 2 is 2.21 bits per heavy atom. The molecular formula is C12H12Cl2N2O3. The molecule has 0 radical (unpaired) electrons. The molecule has 1 aliphatic heterocycles. The summed E-state index contributed by atoms with van der Waals surface area (Å²) >= 11 is 11.5. The van der Waals surface area contributed by atoms with Crippen molar-refractivity contribution in [2.45, 2.75) is 25.3 Å². The lowest BCUT2D eigenvalue weighted by molar-refractivity contribution is -0.137. The highest BCUT2D eigenvalue weighted by molar-refractivity contribution is 6.41. The predicted molar refractivity (Wildman–Crippen MR) is 70.6 cm³/mol. The first-order valence-corrected chi connectivity index (χ1v) is 6.58. The molecule has 1 unspecified atom stereocenters. The number of hydrogen-bond acceptors (Lipinski definition) is 3. The molecule has 1 N–H and O–H groups in total. The maximum atomic E-state index is 12.3. The Balaban J connectivity index is 2.18. The fourth-order valence-corrected chi connectivity index (χ4v) is 2.49. The zero-order chi connectivity index (χ0) is 14.0. The van der Waals surface area contributed by atoms with Crippen molar-refractivity contribution < 1.29 is 14.7 Å². The zero-order valence-corrected chi connectivity index (χ0v) is 11.5. The molecule has 1 atom stereocenters. The number of aromatic nitrogens is 1. The number of carbonyl (C=O) groups is 2. The smallest absolute Gasteiger partial charge is 0.305 e. The number of pyridine rings is 1. The van der Waals surface area contributed by atoms with Crippen molar-refractivity contribution in [3.8, 4) is 0 Å². The van der Waals surface area contributed by atoms with Gasteiger partial charge in [-0.05, 0) is 18.9 Å². The highest BCUT2D eigenvalue weighted by Gasteiger charge is 2.31. The van der Waals surface area contributed by atoms with E-state index in [0.717, 1.165) is 6.42 Å². The number of amides is 1. The highest BCUT2D eigenvalue weighted by Crippen LogP contribution is 2.25. The van der Waals surface area contributed by atoms with Gasteiger partial charge >= 0.3 is 5.97 Å². The van der Waals surface area contributed by atoms with Crippen molar-refractivity contribution >= 4 is 35.1 Å². The number of nitrogens with zero attached hydrogens (tertiary/aromatic N) is 2. The van der Waals surface area contributed by atoms with Gasteiger partial charge in [-0.25, -0.2) is 4.98 Å². The molecule has 7 heteroatoms. The summed E-state index contributed by atoms with van der Waals surface area (Å²) < 4.78 is 0. The van der Waals surface area contributed by atoms with Gasteiger partial charge in [0.1, 0.15) is 5.15 Å². The van der Waals surface area contributed by atoms with Crippen LogP contribution in [-0.4, -0.2) is 39.5 Å². The third kappa shape index (κ3) is 3.16. The van der Waals surface area contributed by atoms with E-state index in [4.69, 9.17) is 28.3 Å². The summed E-state index contributed by atoms with van der Waals surface area (Å²) in [6.07, 6.45) is 2.82. The van der Waals surface area contributed by atoms with E-state index in [1.807, 2.05) is 0 Å². The first kappa shape index (κ1) is 14.1. The lowest BCUT2D eigenvalue weighted by Gasteiger charge is -2.23. The second kappa shape index (κ2) is 5.75. The number of aliphatic carboxylic acids is 1. The molecule has 2 heterocycles. The minimum atomic E-state index is -0.906. The fraction of sp³-hybridized carbons (Fsp3) is 0.417. The van der Waals surface area contributed by atoms with E-state index >= 15 is 0 Å². The monoisotopic (exact) mass is 302 g/mol. The van der Waals surface area contributed by atoms with Crippen LogP contribution >= 0.6 is 23.2 Å². The maximum absolute atomic E-state index is 12.3. The first-order chi connectivity index (χ1) is 8.99. The summed E-state index contributed by atoms with van der Waals surface area (Å²) in [5.41, 5.74) is 0.326. The van der Waals surface area contributed by atoms with E-state index in [0.29, 0.717) is 18.5 Å². The van der Waals surface area contributed by atoms with Gasteiger partial charge in [0.2, 0.25) is 0 Å². The number of halogens is 2.